The average Bonchev–Trinajstić information content (AvgIpc) is 3.62. The number of hydrogen-bond acceptors (Lipinski definition) is 7. The van der Waals surface area contributed by atoms with Crippen LogP contribution in [0.3, 0.4) is 0 Å². The predicted octanol–water partition coefficient (Wildman–Crippen LogP) is 6.11. The highest BCUT2D eigenvalue weighted by Gasteiger charge is 2.43. The first-order valence-corrected chi connectivity index (χ1v) is 14.7. The van der Waals surface area contributed by atoms with Crippen LogP contribution >= 0.6 is 11.6 Å². The van der Waals surface area contributed by atoms with E-state index in [-0.39, 0.29) is 31.4 Å². The van der Waals surface area contributed by atoms with E-state index in [1.165, 1.54) is 12.3 Å². The molecule has 0 spiro atoms. The van der Waals surface area contributed by atoms with Gasteiger partial charge in [0.15, 0.2) is 5.60 Å². The van der Waals surface area contributed by atoms with Crippen molar-refractivity contribution in [3.8, 4) is 22.9 Å². The number of ether oxygens (including phenoxy) is 1. The lowest BCUT2D eigenvalue weighted by Crippen LogP contribution is -2.41. The van der Waals surface area contributed by atoms with Gasteiger partial charge in [-0.3, -0.25) is 9.88 Å². The second-order valence-electron chi connectivity index (χ2n) is 11.3. The maximum absolute atomic E-state index is 14.7. The molecule has 10 heteroatoms. The van der Waals surface area contributed by atoms with E-state index >= 15 is 0 Å². The minimum absolute atomic E-state index is 0.0171. The number of anilines is 1. The molecular weight excluding hydrogens is 583 g/mol. The number of rotatable bonds is 9. The fraction of sp³-hybridized carbons (Fsp3) is 0.265. The van der Waals surface area contributed by atoms with Gasteiger partial charge in [-0.15, -0.1) is 0 Å². The highest BCUT2D eigenvalue weighted by molar-refractivity contribution is 6.33. The minimum atomic E-state index is -1.80. The van der Waals surface area contributed by atoms with E-state index in [1.807, 2.05) is 29.2 Å². The Morgan fingerprint density at radius 2 is 2.00 bits per heavy atom. The molecule has 0 amide bonds. The summed E-state index contributed by atoms with van der Waals surface area (Å²) in [5.41, 5.74) is 4.37. The Morgan fingerprint density at radius 3 is 2.77 bits per heavy atom. The third-order valence-electron chi connectivity index (χ3n) is 8.35. The summed E-state index contributed by atoms with van der Waals surface area (Å²) in [6.45, 7) is 0.849. The molecule has 0 bridgehead atoms. The molecule has 1 aliphatic carbocycles. The predicted molar refractivity (Wildman–Crippen MR) is 164 cm³/mol. The number of nitrogens with one attached hydrogen (secondary N) is 1. The van der Waals surface area contributed by atoms with Crippen LogP contribution in [0, 0.1) is 17.1 Å². The van der Waals surface area contributed by atoms with Gasteiger partial charge in [-0.05, 0) is 47.7 Å². The van der Waals surface area contributed by atoms with E-state index in [1.54, 1.807) is 30.5 Å². The van der Waals surface area contributed by atoms with Gasteiger partial charge in [0.25, 0.3) is 0 Å². The quantitative estimate of drug-likeness (QED) is 0.207. The van der Waals surface area contributed by atoms with Crippen LogP contribution in [-0.4, -0.2) is 44.8 Å². The molecule has 1 fully saturated rings. The van der Waals surface area contributed by atoms with Crippen LogP contribution in [0.4, 0.5) is 10.1 Å². The van der Waals surface area contributed by atoms with E-state index in [0.29, 0.717) is 46.2 Å². The number of pyridine rings is 1. The molecular formula is C34H30ClFN4O4. The number of halogens is 2. The second-order valence-corrected chi connectivity index (χ2v) is 11.7. The summed E-state index contributed by atoms with van der Waals surface area (Å²) in [5.74, 6) is -0.967. The molecule has 3 aromatic carbocycles. The summed E-state index contributed by atoms with van der Waals surface area (Å²) in [6, 6.07) is 20.1. The summed E-state index contributed by atoms with van der Waals surface area (Å²) in [5, 5.41) is 33.2. The largest absolute Gasteiger partial charge is 0.488 e. The summed E-state index contributed by atoms with van der Waals surface area (Å²) in [6.07, 6.45) is 4.80. The van der Waals surface area contributed by atoms with Gasteiger partial charge in [-0.1, -0.05) is 48.0 Å². The van der Waals surface area contributed by atoms with Gasteiger partial charge in [0.05, 0.1) is 22.3 Å². The van der Waals surface area contributed by atoms with Crippen molar-refractivity contribution in [2.75, 3.05) is 18.4 Å². The standard InChI is InChI=1S/C34H30ClFN4O4/c35-28-13-23(18-40-11-10-34(43,20-40)33(41)42)32(44-19-22-12-21(15-37)16-38-17-22)14-31(28)39-30-9-8-25-24(5-3-6-27(25)30)26-4-1-2-7-29(26)36/h1-7,12-14,16-17,30,39,43H,8-11,18-20H2,(H,41,42)/t30-,34?/m0/s1. The van der Waals surface area contributed by atoms with Crippen molar-refractivity contribution >= 4 is 23.3 Å². The van der Waals surface area contributed by atoms with E-state index in [0.717, 1.165) is 35.1 Å². The van der Waals surface area contributed by atoms with Gasteiger partial charge >= 0.3 is 5.97 Å². The topological polar surface area (TPSA) is 119 Å². The van der Waals surface area contributed by atoms with Gasteiger partial charge in [0.1, 0.15) is 24.2 Å². The molecule has 6 rings (SSSR count). The highest BCUT2D eigenvalue weighted by atomic mass is 35.5. The second kappa shape index (κ2) is 12.2. The number of nitriles is 1. The Labute approximate surface area is 259 Å². The first-order valence-electron chi connectivity index (χ1n) is 14.3. The number of carbonyl (C=O) groups is 1. The van der Waals surface area contributed by atoms with Gasteiger partial charge in [0.2, 0.25) is 0 Å². The first-order chi connectivity index (χ1) is 21.2. The van der Waals surface area contributed by atoms with Crippen LogP contribution in [0.1, 0.15) is 46.7 Å². The zero-order valence-electron chi connectivity index (χ0n) is 23.8. The molecule has 224 valence electrons. The first kappa shape index (κ1) is 29.6. The van der Waals surface area contributed by atoms with Crippen LogP contribution in [-0.2, 0) is 24.4 Å². The average molecular weight is 613 g/mol. The Hall–Kier alpha value is -4.49. The molecule has 44 heavy (non-hydrogen) atoms. The third-order valence-corrected chi connectivity index (χ3v) is 8.66. The van der Waals surface area contributed by atoms with Crippen molar-refractivity contribution in [2.24, 2.45) is 0 Å². The molecule has 1 aliphatic heterocycles. The molecule has 8 nitrogen and oxygen atoms in total. The Bertz CT molecular complexity index is 1780. The van der Waals surface area contributed by atoms with E-state index < -0.39 is 11.6 Å². The summed E-state index contributed by atoms with van der Waals surface area (Å²) >= 11 is 6.83. The van der Waals surface area contributed by atoms with Crippen LogP contribution in [0.15, 0.2) is 73.1 Å². The van der Waals surface area contributed by atoms with Gasteiger partial charge in [0, 0.05) is 61.2 Å². The van der Waals surface area contributed by atoms with Gasteiger partial charge in [-0.2, -0.15) is 5.26 Å². The number of hydrogen-bond donors (Lipinski definition) is 3. The number of aromatic nitrogens is 1. The molecule has 3 N–H and O–H groups in total. The normalized spacial score (nSPS) is 19.4. The lowest BCUT2D eigenvalue weighted by molar-refractivity contribution is -0.157. The van der Waals surface area contributed by atoms with Gasteiger partial charge < -0.3 is 20.3 Å². The fourth-order valence-electron chi connectivity index (χ4n) is 6.10. The van der Waals surface area contributed by atoms with Gasteiger partial charge in [-0.25, -0.2) is 9.18 Å². The van der Waals surface area contributed by atoms with E-state index in [9.17, 15) is 24.7 Å². The summed E-state index contributed by atoms with van der Waals surface area (Å²) in [4.78, 5) is 17.6. The van der Waals surface area contributed by atoms with Crippen LogP contribution in [0.2, 0.25) is 5.02 Å². The number of aliphatic carboxylic acids is 1. The number of fused-ring (bicyclic) bond motifs is 1. The number of carboxylic acids is 1. The van der Waals surface area contributed by atoms with Crippen molar-refractivity contribution in [3.63, 3.8) is 0 Å². The van der Waals surface area contributed by atoms with E-state index in [2.05, 4.69) is 22.4 Å². The monoisotopic (exact) mass is 612 g/mol. The Balaban J connectivity index is 1.29. The lowest BCUT2D eigenvalue weighted by atomic mass is 9.96. The molecule has 1 saturated heterocycles. The minimum Gasteiger partial charge on any atom is -0.488 e. The maximum Gasteiger partial charge on any atom is 0.337 e. The fourth-order valence-corrected chi connectivity index (χ4v) is 6.34. The summed E-state index contributed by atoms with van der Waals surface area (Å²) in [7, 11) is 0. The van der Waals surface area contributed by atoms with E-state index in [4.69, 9.17) is 16.3 Å². The zero-order valence-corrected chi connectivity index (χ0v) is 24.5. The number of benzene rings is 3. The number of nitrogens with zero attached hydrogens (tertiary/aromatic N) is 3. The maximum atomic E-state index is 14.7. The summed E-state index contributed by atoms with van der Waals surface area (Å²) < 4.78 is 20.9. The molecule has 2 atom stereocenters. The molecule has 0 radical (unpaired) electrons. The Kier molecular flexibility index (Phi) is 8.23. The molecule has 1 aromatic heterocycles. The number of aliphatic hydroxyl groups is 1. The van der Waals surface area contributed by atoms with Crippen molar-refractivity contribution in [3.05, 3.63) is 112 Å². The molecule has 2 aliphatic rings. The SMILES string of the molecule is N#Cc1cncc(COc2cc(N[C@H]3CCc4c(-c5ccccc5F)cccc43)c(Cl)cc2CN2CCC(O)(C(=O)O)C2)c1. The molecule has 1 unspecified atom stereocenters. The van der Waals surface area contributed by atoms with Crippen molar-refractivity contribution in [1.29, 1.82) is 5.26 Å². The van der Waals surface area contributed by atoms with Crippen molar-refractivity contribution in [1.82, 2.24) is 9.88 Å². The molecule has 0 saturated carbocycles. The zero-order chi connectivity index (χ0) is 30.8. The molecule has 4 aromatic rings. The van der Waals surface area contributed by atoms with Crippen LogP contribution in [0.5, 0.6) is 5.75 Å². The number of carboxylic acid groups (broad SMARTS) is 1. The van der Waals surface area contributed by atoms with Crippen LogP contribution in [0.25, 0.3) is 11.1 Å². The highest BCUT2D eigenvalue weighted by Crippen LogP contribution is 2.42. The number of likely N-dealkylation sites (tertiary alicyclic amines) is 1. The lowest BCUT2D eigenvalue weighted by Gasteiger charge is -2.23. The molecule has 2 heterocycles. The third kappa shape index (κ3) is 5.97. The smallest absolute Gasteiger partial charge is 0.337 e. The van der Waals surface area contributed by atoms with Crippen molar-refractivity contribution < 1.29 is 24.1 Å². The Morgan fingerprint density at radius 1 is 1.18 bits per heavy atom. The number of β-amino-alcohol motifs (C(OH)–C–C–N with tert-alkyl or cyclic N) is 1. The van der Waals surface area contributed by atoms with Crippen molar-refractivity contribution in [2.45, 2.75) is 44.1 Å². The van der Waals surface area contributed by atoms with Crippen LogP contribution < -0.4 is 10.1 Å².